The van der Waals surface area contributed by atoms with E-state index in [9.17, 15) is 9.59 Å². The molecule has 0 fully saturated rings. The van der Waals surface area contributed by atoms with Gasteiger partial charge >= 0.3 is 0 Å². The van der Waals surface area contributed by atoms with E-state index in [2.05, 4.69) is 5.32 Å². The zero-order valence-corrected chi connectivity index (χ0v) is 16.9. The molecular formula is C19H16Cl2N2O3S. The maximum Gasteiger partial charge on any atom is 0.291 e. The third-order valence-corrected chi connectivity index (χ3v) is 5.72. The van der Waals surface area contributed by atoms with Crippen molar-refractivity contribution in [2.24, 2.45) is 0 Å². The number of carbonyl (C=O) groups is 2. The van der Waals surface area contributed by atoms with E-state index in [0.717, 1.165) is 11.1 Å². The fraction of sp³-hybridized carbons (Fsp3) is 0.158. The van der Waals surface area contributed by atoms with Crippen molar-refractivity contribution in [1.29, 1.82) is 0 Å². The van der Waals surface area contributed by atoms with Gasteiger partial charge in [-0.2, -0.15) is 0 Å². The van der Waals surface area contributed by atoms with Gasteiger partial charge in [0.15, 0.2) is 5.76 Å². The minimum atomic E-state index is -0.357. The predicted octanol–water partition coefficient (Wildman–Crippen LogP) is 5.48. The van der Waals surface area contributed by atoms with E-state index in [1.807, 2.05) is 13.0 Å². The van der Waals surface area contributed by atoms with Crippen LogP contribution in [0.2, 0.25) is 10.0 Å². The van der Waals surface area contributed by atoms with Crippen LogP contribution in [0.1, 0.15) is 31.4 Å². The number of anilines is 1. The lowest BCUT2D eigenvalue weighted by Gasteiger charge is -2.17. The Bertz CT molecular complexity index is 983. The minimum Gasteiger partial charge on any atom is -0.459 e. The van der Waals surface area contributed by atoms with Crippen LogP contribution in [0.5, 0.6) is 0 Å². The number of hydrogen-bond donors (Lipinski definition) is 1. The van der Waals surface area contributed by atoms with Crippen LogP contribution in [0, 0.1) is 6.92 Å². The number of nitrogens with one attached hydrogen (secondary N) is 1. The quantitative estimate of drug-likeness (QED) is 0.591. The van der Waals surface area contributed by atoms with Crippen LogP contribution in [-0.2, 0) is 6.54 Å². The lowest BCUT2D eigenvalue weighted by molar-refractivity contribution is 0.0789. The normalized spacial score (nSPS) is 10.7. The monoisotopic (exact) mass is 422 g/mol. The molecule has 0 spiro atoms. The number of rotatable bonds is 5. The molecule has 8 heteroatoms. The first-order valence-electron chi connectivity index (χ1n) is 8.00. The van der Waals surface area contributed by atoms with Crippen LogP contribution < -0.4 is 5.32 Å². The number of hydrogen-bond acceptors (Lipinski definition) is 4. The van der Waals surface area contributed by atoms with Crippen LogP contribution in [0.3, 0.4) is 0 Å². The average molecular weight is 423 g/mol. The van der Waals surface area contributed by atoms with Crippen LogP contribution in [0.25, 0.3) is 0 Å². The number of thiophene rings is 1. The maximum atomic E-state index is 12.8. The van der Waals surface area contributed by atoms with Gasteiger partial charge in [-0.3, -0.25) is 9.59 Å². The van der Waals surface area contributed by atoms with E-state index >= 15 is 0 Å². The molecule has 0 saturated heterocycles. The number of benzene rings is 1. The number of aryl methyl sites for hydroxylation is 1. The third-order valence-electron chi connectivity index (χ3n) is 3.84. The van der Waals surface area contributed by atoms with E-state index in [1.165, 1.54) is 17.6 Å². The highest BCUT2D eigenvalue weighted by atomic mass is 35.5. The molecule has 0 atom stereocenters. The average Bonchev–Trinajstić information content (AvgIpc) is 3.27. The van der Waals surface area contributed by atoms with Crippen molar-refractivity contribution in [3.63, 3.8) is 0 Å². The molecule has 27 heavy (non-hydrogen) atoms. The Balaban J connectivity index is 1.71. The summed E-state index contributed by atoms with van der Waals surface area (Å²) >= 11 is 13.2. The summed E-state index contributed by atoms with van der Waals surface area (Å²) in [4.78, 5) is 27.0. The molecule has 3 rings (SSSR count). The first-order valence-corrected chi connectivity index (χ1v) is 9.57. The van der Waals surface area contributed by atoms with Crippen molar-refractivity contribution >= 4 is 51.4 Å². The number of furan rings is 1. The van der Waals surface area contributed by atoms with E-state index in [-0.39, 0.29) is 17.6 Å². The Labute approximate surface area is 170 Å². The van der Waals surface area contributed by atoms with Gasteiger partial charge in [-0.1, -0.05) is 29.3 Å². The SMILES string of the molecule is Cc1cc(NC(=O)c2ccco2)sc1C(=O)N(C)Cc1ccc(Cl)c(Cl)c1. The highest BCUT2D eigenvalue weighted by Crippen LogP contribution is 2.29. The Morgan fingerprint density at radius 2 is 1.96 bits per heavy atom. The Morgan fingerprint density at radius 1 is 1.19 bits per heavy atom. The van der Waals surface area contributed by atoms with Gasteiger partial charge < -0.3 is 14.6 Å². The smallest absolute Gasteiger partial charge is 0.291 e. The van der Waals surface area contributed by atoms with Crippen LogP contribution >= 0.6 is 34.5 Å². The molecule has 140 valence electrons. The molecule has 0 radical (unpaired) electrons. The number of amides is 2. The Morgan fingerprint density at radius 3 is 2.63 bits per heavy atom. The Kier molecular flexibility index (Phi) is 5.89. The molecule has 0 bridgehead atoms. The molecule has 2 amide bonds. The molecular weight excluding hydrogens is 407 g/mol. The van der Waals surface area contributed by atoms with Crippen molar-refractivity contribution in [3.8, 4) is 0 Å². The number of nitrogens with zero attached hydrogens (tertiary/aromatic N) is 1. The predicted molar refractivity (Wildman–Crippen MR) is 108 cm³/mol. The van der Waals surface area contributed by atoms with Crippen molar-refractivity contribution in [2.75, 3.05) is 12.4 Å². The molecule has 2 aromatic heterocycles. The first kappa shape index (κ1) is 19.5. The lowest BCUT2D eigenvalue weighted by Crippen LogP contribution is -2.25. The second-order valence-electron chi connectivity index (χ2n) is 5.96. The zero-order chi connectivity index (χ0) is 19.6. The van der Waals surface area contributed by atoms with Gasteiger partial charge in [0, 0.05) is 13.6 Å². The van der Waals surface area contributed by atoms with E-state index in [1.54, 1.807) is 42.3 Å². The molecule has 0 unspecified atom stereocenters. The van der Waals surface area contributed by atoms with Crippen molar-refractivity contribution in [2.45, 2.75) is 13.5 Å². The highest BCUT2D eigenvalue weighted by molar-refractivity contribution is 7.18. The molecule has 0 aliphatic heterocycles. The van der Waals surface area contributed by atoms with Gasteiger partial charge in [-0.15, -0.1) is 11.3 Å². The molecule has 5 nitrogen and oxygen atoms in total. The summed E-state index contributed by atoms with van der Waals surface area (Å²) in [5.74, 6) is -0.280. The fourth-order valence-corrected chi connectivity index (χ4v) is 3.88. The second kappa shape index (κ2) is 8.17. The van der Waals surface area contributed by atoms with E-state index in [4.69, 9.17) is 27.6 Å². The summed E-state index contributed by atoms with van der Waals surface area (Å²) in [5.41, 5.74) is 1.67. The summed E-state index contributed by atoms with van der Waals surface area (Å²) in [6.07, 6.45) is 1.43. The topological polar surface area (TPSA) is 62.6 Å². The van der Waals surface area contributed by atoms with Crippen molar-refractivity contribution in [1.82, 2.24) is 4.90 Å². The molecule has 1 N–H and O–H groups in total. The number of carbonyl (C=O) groups excluding carboxylic acids is 2. The largest absolute Gasteiger partial charge is 0.459 e. The molecule has 0 aliphatic carbocycles. The van der Waals surface area contributed by atoms with Gasteiger partial charge in [0.2, 0.25) is 0 Å². The van der Waals surface area contributed by atoms with Gasteiger partial charge in [-0.05, 0) is 48.4 Å². The summed E-state index contributed by atoms with van der Waals surface area (Å²) in [7, 11) is 1.71. The maximum absolute atomic E-state index is 12.8. The standard InChI is InChI=1S/C19H16Cl2N2O3S/c1-11-8-16(22-18(24)15-4-3-7-26-15)27-17(11)19(25)23(2)10-12-5-6-13(20)14(21)9-12/h3-9H,10H2,1-2H3,(H,22,24). The lowest BCUT2D eigenvalue weighted by atomic mass is 10.2. The Hall–Kier alpha value is -2.28. The molecule has 3 aromatic rings. The highest BCUT2D eigenvalue weighted by Gasteiger charge is 2.19. The fourth-order valence-electron chi connectivity index (χ4n) is 2.49. The van der Waals surface area contributed by atoms with E-state index in [0.29, 0.717) is 26.5 Å². The molecule has 0 saturated carbocycles. The van der Waals surface area contributed by atoms with Gasteiger partial charge in [0.1, 0.15) is 0 Å². The van der Waals surface area contributed by atoms with Gasteiger partial charge in [0.25, 0.3) is 11.8 Å². The van der Waals surface area contributed by atoms with E-state index < -0.39 is 0 Å². The third kappa shape index (κ3) is 4.53. The molecule has 0 aliphatic rings. The second-order valence-corrected chi connectivity index (χ2v) is 7.83. The summed E-state index contributed by atoms with van der Waals surface area (Å²) in [6, 6.07) is 10.3. The summed E-state index contributed by atoms with van der Waals surface area (Å²) in [5, 5.41) is 4.25. The van der Waals surface area contributed by atoms with Crippen LogP contribution in [0.4, 0.5) is 5.00 Å². The summed E-state index contributed by atoms with van der Waals surface area (Å²) < 4.78 is 5.07. The summed E-state index contributed by atoms with van der Waals surface area (Å²) in [6.45, 7) is 2.22. The minimum absolute atomic E-state index is 0.137. The molecule has 1 aromatic carbocycles. The van der Waals surface area contributed by atoms with Crippen molar-refractivity contribution in [3.05, 3.63) is 74.5 Å². The van der Waals surface area contributed by atoms with Crippen LogP contribution in [-0.4, -0.2) is 23.8 Å². The van der Waals surface area contributed by atoms with Gasteiger partial charge in [-0.25, -0.2) is 0 Å². The molecule has 2 heterocycles. The van der Waals surface area contributed by atoms with Gasteiger partial charge in [0.05, 0.1) is 26.2 Å². The first-order chi connectivity index (χ1) is 12.8. The number of halogens is 2. The zero-order valence-electron chi connectivity index (χ0n) is 14.6. The van der Waals surface area contributed by atoms with Crippen LogP contribution in [0.15, 0.2) is 47.1 Å². The van der Waals surface area contributed by atoms with Crippen molar-refractivity contribution < 1.29 is 14.0 Å².